The van der Waals surface area contributed by atoms with Crippen molar-refractivity contribution in [1.82, 2.24) is 10.2 Å². The number of benzene rings is 2. The monoisotopic (exact) mass is 466 g/mol. The second-order valence-corrected chi connectivity index (χ2v) is 8.61. The lowest BCUT2D eigenvalue weighted by Gasteiger charge is -2.26. The molecule has 0 saturated heterocycles. The first-order valence-corrected chi connectivity index (χ1v) is 12.1. The number of rotatable bonds is 12. The van der Waals surface area contributed by atoms with E-state index in [1.165, 1.54) is 11.1 Å². The molecule has 0 radical (unpaired) electrons. The topological polar surface area (TPSA) is 95.9 Å². The third-order valence-corrected chi connectivity index (χ3v) is 6.33. The summed E-state index contributed by atoms with van der Waals surface area (Å²) in [7, 11) is 0. The standard InChI is InChI=1S/C27H34N2O5/c1-3-10-19(26(32)29(4-2)16-9-15-25(30)31)17-28-27(33)34-18-24-22-13-7-5-11-20(22)21-12-6-8-14-23(21)24/h5-8,11-14,19,24H,3-4,9-10,15-18H2,1-2H3,(H,28,33)(H,30,31). The van der Waals surface area contributed by atoms with Crippen LogP contribution in [0.25, 0.3) is 11.1 Å². The van der Waals surface area contributed by atoms with Crippen molar-refractivity contribution in [3.63, 3.8) is 0 Å². The highest BCUT2D eigenvalue weighted by atomic mass is 16.5. The van der Waals surface area contributed by atoms with Crippen molar-refractivity contribution in [3.8, 4) is 11.1 Å². The Morgan fingerprint density at radius 2 is 1.65 bits per heavy atom. The number of nitrogens with one attached hydrogen (secondary N) is 1. The minimum Gasteiger partial charge on any atom is -0.481 e. The molecule has 0 fully saturated rings. The molecule has 2 aromatic carbocycles. The van der Waals surface area contributed by atoms with Crippen molar-refractivity contribution >= 4 is 18.0 Å². The van der Waals surface area contributed by atoms with Gasteiger partial charge in [-0.25, -0.2) is 4.79 Å². The van der Waals surface area contributed by atoms with Crippen molar-refractivity contribution in [2.45, 2.75) is 45.4 Å². The molecule has 1 atom stereocenters. The van der Waals surface area contributed by atoms with Crippen LogP contribution in [0.15, 0.2) is 48.5 Å². The fourth-order valence-corrected chi connectivity index (χ4v) is 4.62. The second kappa shape index (κ2) is 12.2. The highest BCUT2D eigenvalue weighted by molar-refractivity contribution is 5.80. The molecule has 0 aromatic heterocycles. The quantitative estimate of drug-likeness (QED) is 0.475. The van der Waals surface area contributed by atoms with Crippen molar-refractivity contribution in [2.75, 3.05) is 26.2 Å². The Labute approximate surface area is 201 Å². The van der Waals surface area contributed by atoms with Crippen LogP contribution in [0, 0.1) is 5.92 Å². The van der Waals surface area contributed by atoms with Gasteiger partial charge in [-0.1, -0.05) is 61.9 Å². The van der Waals surface area contributed by atoms with E-state index in [0.29, 0.717) is 25.9 Å². The van der Waals surface area contributed by atoms with Gasteiger partial charge in [0.1, 0.15) is 6.61 Å². The van der Waals surface area contributed by atoms with E-state index < -0.39 is 12.1 Å². The minimum absolute atomic E-state index is 0.0176. The molecular formula is C27H34N2O5. The lowest BCUT2D eigenvalue weighted by Crippen LogP contribution is -2.42. The summed E-state index contributed by atoms with van der Waals surface area (Å²) in [5.41, 5.74) is 4.64. The Kier molecular flexibility index (Phi) is 9.08. The first-order chi connectivity index (χ1) is 16.5. The molecule has 2 N–H and O–H groups in total. The number of ether oxygens (including phenoxy) is 1. The summed E-state index contributed by atoms with van der Waals surface area (Å²) in [6.45, 7) is 5.19. The van der Waals surface area contributed by atoms with Crippen LogP contribution in [0.1, 0.15) is 56.6 Å². The van der Waals surface area contributed by atoms with Gasteiger partial charge in [0.25, 0.3) is 0 Å². The van der Waals surface area contributed by atoms with Crippen molar-refractivity contribution in [2.24, 2.45) is 5.92 Å². The average molecular weight is 467 g/mol. The highest BCUT2D eigenvalue weighted by Crippen LogP contribution is 2.44. The van der Waals surface area contributed by atoms with Crippen LogP contribution in [0.5, 0.6) is 0 Å². The van der Waals surface area contributed by atoms with E-state index in [4.69, 9.17) is 9.84 Å². The molecule has 0 aliphatic heterocycles. The first-order valence-electron chi connectivity index (χ1n) is 12.1. The maximum atomic E-state index is 13.0. The number of carboxylic acid groups (broad SMARTS) is 1. The van der Waals surface area contributed by atoms with E-state index in [0.717, 1.165) is 17.5 Å². The summed E-state index contributed by atoms with van der Waals surface area (Å²) >= 11 is 0. The Bertz CT molecular complexity index is 961. The number of carbonyl (C=O) groups excluding carboxylic acids is 2. The molecule has 2 amide bonds. The van der Waals surface area contributed by atoms with Gasteiger partial charge in [0, 0.05) is 32.0 Å². The third kappa shape index (κ3) is 6.16. The average Bonchev–Trinajstić information content (AvgIpc) is 3.16. The van der Waals surface area contributed by atoms with Crippen LogP contribution in [-0.4, -0.2) is 54.2 Å². The zero-order valence-corrected chi connectivity index (χ0v) is 20.0. The van der Waals surface area contributed by atoms with Gasteiger partial charge in [0.05, 0.1) is 5.92 Å². The van der Waals surface area contributed by atoms with Gasteiger partial charge in [-0.2, -0.15) is 0 Å². The molecule has 7 heteroatoms. The van der Waals surface area contributed by atoms with Gasteiger partial charge in [-0.05, 0) is 42.0 Å². The number of alkyl carbamates (subject to hydrolysis) is 1. The molecule has 0 heterocycles. The smallest absolute Gasteiger partial charge is 0.407 e. The lowest BCUT2D eigenvalue weighted by molar-refractivity contribution is -0.139. The molecule has 3 rings (SSSR count). The molecule has 1 unspecified atom stereocenters. The molecule has 7 nitrogen and oxygen atoms in total. The van der Waals surface area contributed by atoms with Gasteiger partial charge in [0.15, 0.2) is 0 Å². The number of hydrogen-bond acceptors (Lipinski definition) is 4. The minimum atomic E-state index is -0.870. The fourth-order valence-electron chi connectivity index (χ4n) is 4.62. The third-order valence-electron chi connectivity index (χ3n) is 6.33. The number of amides is 2. The van der Waals surface area contributed by atoms with E-state index in [1.807, 2.05) is 38.1 Å². The maximum absolute atomic E-state index is 13.0. The Balaban J connectivity index is 1.55. The normalized spacial score (nSPS) is 13.0. The van der Waals surface area contributed by atoms with Gasteiger partial charge in [-0.3, -0.25) is 9.59 Å². The van der Waals surface area contributed by atoms with Crippen LogP contribution in [0.4, 0.5) is 4.79 Å². The first kappa shape index (κ1) is 25.3. The fraction of sp³-hybridized carbons (Fsp3) is 0.444. The number of fused-ring (bicyclic) bond motifs is 3. The van der Waals surface area contributed by atoms with Crippen LogP contribution in [-0.2, 0) is 14.3 Å². The van der Waals surface area contributed by atoms with Crippen LogP contribution < -0.4 is 5.32 Å². The molecule has 34 heavy (non-hydrogen) atoms. The Hall–Kier alpha value is -3.35. The summed E-state index contributed by atoms with van der Waals surface area (Å²) in [6.07, 6.45) is 1.34. The Morgan fingerprint density at radius 1 is 1.03 bits per heavy atom. The summed E-state index contributed by atoms with van der Waals surface area (Å²) < 4.78 is 5.59. The second-order valence-electron chi connectivity index (χ2n) is 8.61. The predicted molar refractivity (Wildman–Crippen MR) is 131 cm³/mol. The molecule has 1 aliphatic rings. The molecule has 0 saturated carbocycles. The number of carboxylic acids is 1. The number of nitrogens with zero attached hydrogens (tertiary/aromatic N) is 1. The lowest BCUT2D eigenvalue weighted by atomic mass is 9.98. The largest absolute Gasteiger partial charge is 0.481 e. The zero-order chi connectivity index (χ0) is 24.5. The van der Waals surface area contributed by atoms with E-state index in [2.05, 4.69) is 29.6 Å². The maximum Gasteiger partial charge on any atom is 0.407 e. The SMILES string of the molecule is CCCC(CNC(=O)OCC1c2ccccc2-c2ccccc21)C(=O)N(CC)CCCC(=O)O. The number of aliphatic carboxylic acids is 1. The predicted octanol–water partition coefficient (Wildman–Crippen LogP) is 4.65. The van der Waals surface area contributed by atoms with E-state index in [1.54, 1.807) is 4.90 Å². The Morgan fingerprint density at radius 3 is 2.21 bits per heavy atom. The molecule has 0 bridgehead atoms. The van der Waals surface area contributed by atoms with Crippen molar-refractivity contribution in [3.05, 3.63) is 59.7 Å². The summed E-state index contributed by atoms with van der Waals surface area (Å²) in [4.78, 5) is 37.9. The molecular weight excluding hydrogens is 432 g/mol. The van der Waals surface area contributed by atoms with E-state index in [-0.39, 0.29) is 37.3 Å². The van der Waals surface area contributed by atoms with Gasteiger partial charge in [-0.15, -0.1) is 0 Å². The van der Waals surface area contributed by atoms with Crippen LogP contribution >= 0.6 is 0 Å². The molecule has 182 valence electrons. The van der Waals surface area contributed by atoms with Gasteiger partial charge in [0.2, 0.25) is 5.91 Å². The summed E-state index contributed by atoms with van der Waals surface area (Å²) in [6, 6.07) is 16.3. The van der Waals surface area contributed by atoms with Crippen molar-refractivity contribution in [1.29, 1.82) is 0 Å². The molecule has 0 spiro atoms. The van der Waals surface area contributed by atoms with Gasteiger partial charge < -0.3 is 20.1 Å². The van der Waals surface area contributed by atoms with E-state index in [9.17, 15) is 14.4 Å². The zero-order valence-electron chi connectivity index (χ0n) is 20.0. The van der Waals surface area contributed by atoms with Crippen LogP contribution in [0.3, 0.4) is 0 Å². The molecule has 1 aliphatic carbocycles. The molecule has 2 aromatic rings. The number of carbonyl (C=O) groups is 3. The summed E-state index contributed by atoms with van der Waals surface area (Å²) in [5.74, 6) is -1.31. The van der Waals surface area contributed by atoms with Gasteiger partial charge >= 0.3 is 12.1 Å². The van der Waals surface area contributed by atoms with Crippen LogP contribution in [0.2, 0.25) is 0 Å². The van der Waals surface area contributed by atoms with E-state index >= 15 is 0 Å². The van der Waals surface area contributed by atoms with Crippen molar-refractivity contribution < 1.29 is 24.2 Å². The summed E-state index contributed by atoms with van der Waals surface area (Å²) in [5, 5.41) is 11.6. The highest BCUT2D eigenvalue weighted by Gasteiger charge is 2.29. The number of hydrogen-bond donors (Lipinski definition) is 2.